The minimum atomic E-state index is -0.384. The zero-order valence-electron chi connectivity index (χ0n) is 8.52. The lowest BCUT2D eigenvalue weighted by Gasteiger charge is -2.35. The van der Waals surface area contributed by atoms with E-state index in [4.69, 9.17) is 5.41 Å². The van der Waals surface area contributed by atoms with Gasteiger partial charge >= 0.3 is 0 Å². The van der Waals surface area contributed by atoms with Crippen molar-refractivity contribution >= 4 is 11.5 Å². The van der Waals surface area contributed by atoms with E-state index in [1.165, 1.54) is 5.57 Å². The highest BCUT2D eigenvalue weighted by Crippen LogP contribution is 2.50. The van der Waals surface area contributed by atoms with E-state index in [0.717, 1.165) is 24.8 Å². The van der Waals surface area contributed by atoms with Gasteiger partial charge in [0, 0.05) is 12.1 Å². The van der Waals surface area contributed by atoms with Gasteiger partial charge in [-0.2, -0.15) is 0 Å². The van der Waals surface area contributed by atoms with Gasteiger partial charge in [0.25, 0.3) is 0 Å². The Morgan fingerprint density at radius 3 is 2.71 bits per heavy atom. The van der Waals surface area contributed by atoms with Crippen LogP contribution in [0.1, 0.15) is 32.6 Å². The first kappa shape index (κ1) is 9.38. The molecule has 0 heterocycles. The smallest absolute Gasteiger partial charge is 0.152 e. The molecule has 0 saturated heterocycles. The number of rotatable bonds is 2. The molecule has 0 aliphatic heterocycles. The van der Waals surface area contributed by atoms with Gasteiger partial charge in [0.05, 0.1) is 5.41 Å². The van der Waals surface area contributed by atoms with E-state index in [2.05, 4.69) is 12.7 Å². The van der Waals surface area contributed by atoms with Crippen LogP contribution in [0.15, 0.2) is 23.8 Å². The maximum Gasteiger partial charge on any atom is 0.152 e. The Labute approximate surface area is 84.2 Å². The summed E-state index contributed by atoms with van der Waals surface area (Å²) in [5, 5.41) is 7.53. The van der Waals surface area contributed by atoms with Gasteiger partial charge in [0.1, 0.15) is 0 Å². The van der Waals surface area contributed by atoms with Crippen LogP contribution in [0.5, 0.6) is 0 Å². The number of nitrogens with one attached hydrogen (secondary N) is 1. The predicted octanol–water partition coefficient (Wildman–Crippen LogP) is 2.65. The fourth-order valence-electron chi connectivity index (χ4n) is 2.38. The Morgan fingerprint density at radius 2 is 2.29 bits per heavy atom. The molecule has 0 aromatic carbocycles. The third-order valence-corrected chi connectivity index (χ3v) is 3.34. The standard InChI is InChI=1S/C12H15NO/c1-8(2)12(9-3-4-9)6-5-10(13)7-11(12)14/h3,13H,1,4-7H2,2H3. The molecule has 2 heteroatoms. The van der Waals surface area contributed by atoms with E-state index in [1.807, 2.05) is 6.92 Å². The molecule has 1 atom stereocenters. The van der Waals surface area contributed by atoms with Crippen molar-refractivity contribution in [2.45, 2.75) is 32.6 Å². The van der Waals surface area contributed by atoms with Gasteiger partial charge in [-0.3, -0.25) is 4.79 Å². The monoisotopic (exact) mass is 189 g/mol. The Kier molecular flexibility index (Phi) is 1.95. The number of Topliss-reactive ketones (excluding diaryl/α,β-unsaturated/α-hetero) is 1. The van der Waals surface area contributed by atoms with Crippen molar-refractivity contribution < 1.29 is 4.79 Å². The van der Waals surface area contributed by atoms with E-state index in [9.17, 15) is 4.79 Å². The summed E-state index contributed by atoms with van der Waals surface area (Å²) in [4.78, 5) is 12.0. The average Bonchev–Trinajstić information content (AvgIpc) is 2.87. The molecule has 2 nitrogen and oxygen atoms in total. The number of hydrogen-bond acceptors (Lipinski definition) is 2. The van der Waals surface area contributed by atoms with Crippen LogP contribution < -0.4 is 0 Å². The molecule has 0 aromatic rings. The second-order valence-electron chi connectivity index (χ2n) is 4.32. The lowest BCUT2D eigenvalue weighted by atomic mass is 9.66. The van der Waals surface area contributed by atoms with Gasteiger partial charge in [-0.15, -0.1) is 0 Å². The zero-order valence-corrected chi connectivity index (χ0v) is 8.52. The van der Waals surface area contributed by atoms with E-state index in [-0.39, 0.29) is 11.2 Å². The molecule has 1 unspecified atom stereocenters. The topological polar surface area (TPSA) is 40.9 Å². The first-order valence-corrected chi connectivity index (χ1v) is 5.02. The van der Waals surface area contributed by atoms with Crippen LogP contribution in [0, 0.1) is 10.8 Å². The third-order valence-electron chi connectivity index (χ3n) is 3.34. The van der Waals surface area contributed by atoms with Crippen LogP contribution in [0.2, 0.25) is 0 Å². The molecular formula is C12H15NO. The zero-order chi connectivity index (χ0) is 10.3. The van der Waals surface area contributed by atoms with Gasteiger partial charge in [-0.05, 0) is 26.2 Å². The summed E-state index contributed by atoms with van der Waals surface area (Å²) in [6, 6.07) is 0. The highest BCUT2D eigenvalue weighted by atomic mass is 16.1. The minimum absolute atomic E-state index is 0.185. The molecular weight excluding hydrogens is 174 g/mol. The summed E-state index contributed by atoms with van der Waals surface area (Å²) in [5.74, 6) is 0.185. The van der Waals surface area contributed by atoms with Gasteiger partial charge in [-0.25, -0.2) is 0 Å². The minimum Gasteiger partial charge on any atom is -0.309 e. The number of hydrogen-bond donors (Lipinski definition) is 1. The lowest BCUT2D eigenvalue weighted by Crippen LogP contribution is -2.37. The van der Waals surface area contributed by atoms with Crippen LogP contribution in [0.3, 0.4) is 0 Å². The molecule has 74 valence electrons. The molecule has 0 aromatic heterocycles. The van der Waals surface area contributed by atoms with Crippen LogP contribution >= 0.6 is 0 Å². The van der Waals surface area contributed by atoms with E-state index < -0.39 is 0 Å². The summed E-state index contributed by atoms with van der Waals surface area (Å²) in [6.07, 6.45) is 4.92. The van der Waals surface area contributed by atoms with Crippen LogP contribution in [-0.2, 0) is 4.79 Å². The fraction of sp³-hybridized carbons (Fsp3) is 0.500. The predicted molar refractivity (Wildman–Crippen MR) is 56.5 cm³/mol. The first-order valence-electron chi connectivity index (χ1n) is 5.02. The average molecular weight is 189 g/mol. The summed E-state index contributed by atoms with van der Waals surface area (Å²) in [6.45, 7) is 5.89. The molecule has 0 radical (unpaired) electrons. The largest absolute Gasteiger partial charge is 0.309 e. The Balaban J connectivity index is 2.35. The lowest BCUT2D eigenvalue weighted by molar-refractivity contribution is -0.124. The van der Waals surface area contributed by atoms with E-state index in [1.54, 1.807) is 0 Å². The number of carbonyl (C=O) groups excluding carboxylic acids is 1. The van der Waals surface area contributed by atoms with Crippen molar-refractivity contribution in [2.75, 3.05) is 0 Å². The second-order valence-corrected chi connectivity index (χ2v) is 4.32. The van der Waals surface area contributed by atoms with Crippen LogP contribution in [-0.4, -0.2) is 11.5 Å². The van der Waals surface area contributed by atoms with E-state index in [0.29, 0.717) is 12.1 Å². The number of carbonyl (C=O) groups is 1. The molecule has 1 saturated carbocycles. The van der Waals surface area contributed by atoms with Crippen molar-refractivity contribution in [3.8, 4) is 0 Å². The first-order chi connectivity index (χ1) is 6.57. The molecule has 2 rings (SSSR count). The molecule has 0 spiro atoms. The molecule has 0 amide bonds. The van der Waals surface area contributed by atoms with Gasteiger partial charge in [-0.1, -0.05) is 23.8 Å². The SMILES string of the molecule is C=C(C)C1(C2=CC2)CCC(=N)CC1=O. The second kappa shape index (κ2) is 2.91. The molecule has 14 heavy (non-hydrogen) atoms. The summed E-state index contributed by atoms with van der Waals surface area (Å²) >= 11 is 0. The van der Waals surface area contributed by atoms with Gasteiger partial charge in [0.15, 0.2) is 5.78 Å². The molecule has 1 fully saturated rings. The normalized spacial score (nSPS) is 31.4. The van der Waals surface area contributed by atoms with Gasteiger partial charge in [0.2, 0.25) is 0 Å². The van der Waals surface area contributed by atoms with Crippen LogP contribution in [0.4, 0.5) is 0 Å². The van der Waals surface area contributed by atoms with Crippen LogP contribution in [0.25, 0.3) is 0 Å². The Morgan fingerprint density at radius 1 is 1.64 bits per heavy atom. The summed E-state index contributed by atoms with van der Waals surface area (Å²) < 4.78 is 0. The summed E-state index contributed by atoms with van der Waals surface area (Å²) in [5.41, 5.74) is 2.39. The van der Waals surface area contributed by atoms with Crippen molar-refractivity contribution in [3.63, 3.8) is 0 Å². The Hall–Kier alpha value is -1.18. The fourth-order valence-corrected chi connectivity index (χ4v) is 2.38. The molecule has 2 aliphatic carbocycles. The highest BCUT2D eigenvalue weighted by Gasteiger charge is 2.47. The number of allylic oxidation sites excluding steroid dienone is 3. The quantitative estimate of drug-likeness (QED) is 0.666. The maximum atomic E-state index is 12.0. The van der Waals surface area contributed by atoms with Gasteiger partial charge < -0.3 is 5.41 Å². The maximum absolute atomic E-state index is 12.0. The van der Waals surface area contributed by atoms with E-state index >= 15 is 0 Å². The molecule has 0 bridgehead atoms. The molecule has 1 N–H and O–H groups in total. The summed E-state index contributed by atoms with van der Waals surface area (Å²) in [7, 11) is 0. The third kappa shape index (κ3) is 1.17. The number of ketones is 1. The molecule has 2 aliphatic rings. The van der Waals surface area contributed by atoms with Crippen molar-refractivity contribution in [1.29, 1.82) is 5.41 Å². The van der Waals surface area contributed by atoms with Crippen molar-refractivity contribution in [3.05, 3.63) is 23.8 Å². The Bertz CT molecular complexity index is 361. The van der Waals surface area contributed by atoms with Crippen molar-refractivity contribution in [2.24, 2.45) is 5.41 Å². The van der Waals surface area contributed by atoms with Crippen molar-refractivity contribution in [1.82, 2.24) is 0 Å². The highest BCUT2D eigenvalue weighted by molar-refractivity contribution is 6.08.